The van der Waals surface area contributed by atoms with Crippen LogP contribution in [0.5, 0.6) is 5.75 Å². The Morgan fingerprint density at radius 3 is 2.35 bits per heavy atom. The van der Waals surface area contributed by atoms with Crippen molar-refractivity contribution < 1.29 is 13.9 Å². The Morgan fingerprint density at radius 2 is 1.77 bits per heavy atom. The fraction of sp³-hybridized carbons (Fsp3) is 0.200. The van der Waals surface area contributed by atoms with Crippen molar-refractivity contribution in [2.45, 2.75) is 26.9 Å². The second kappa shape index (κ2) is 7.39. The molecule has 1 amide bonds. The van der Waals surface area contributed by atoms with Gasteiger partial charge < -0.3 is 10.1 Å². The lowest BCUT2D eigenvalue weighted by molar-refractivity contribution is -0.122. The molecular weight excluding hydrogens is 333 g/mol. The Morgan fingerprint density at radius 1 is 1.12 bits per heavy atom. The van der Waals surface area contributed by atoms with Crippen molar-refractivity contribution in [2.75, 3.05) is 5.32 Å². The molecule has 6 heteroatoms. The zero-order valence-electron chi connectivity index (χ0n) is 14.9. The van der Waals surface area contributed by atoms with E-state index >= 15 is 0 Å². The van der Waals surface area contributed by atoms with Crippen LogP contribution in [0.25, 0.3) is 5.69 Å². The highest BCUT2D eigenvalue weighted by Crippen LogP contribution is 2.17. The van der Waals surface area contributed by atoms with E-state index in [1.807, 2.05) is 48.9 Å². The highest BCUT2D eigenvalue weighted by atomic mass is 19.1. The van der Waals surface area contributed by atoms with Gasteiger partial charge in [-0.05, 0) is 75.4 Å². The average molecular weight is 353 g/mol. The molecule has 0 fully saturated rings. The van der Waals surface area contributed by atoms with Crippen LogP contribution in [0.2, 0.25) is 0 Å². The van der Waals surface area contributed by atoms with Crippen molar-refractivity contribution in [3.05, 3.63) is 71.8 Å². The van der Waals surface area contributed by atoms with E-state index in [0.29, 0.717) is 11.4 Å². The van der Waals surface area contributed by atoms with Crippen LogP contribution in [0.1, 0.15) is 18.3 Å². The number of aromatic nitrogens is 2. The number of halogens is 1. The fourth-order valence-electron chi connectivity index (χ4n) is 2.59. The van der Waals surface area contributed by atoms with Crippen molar-refractivity contribution in [2.24, 2.45) is 0 Å². The van der Waals surface area contributed by atoms with Crippen molar-refractivity contribution >= 4 is 11.6 Å². The first-order valence-electron chi connectivity index (χ1n) is 8.29. The van der Waals surface area contributed by atoms with Gasteiger partial charge in [0.05, 0.1) is 11.4 Å². The number of amides is 1. The van der Waals surface area contributed by atoms with Crippen LogP contribution in [0.4, 0.5) is 10.1 Å². The summed E-state index contributed by atoms with van der Waals surface area (Å²) in [6.45, 7) is 5.58. The number of hydrogen-bond donors (Lipinski definition) is 1. The summed E-state index contributed by atoms with van der Waals surface area (Å²) in [7, 11) is 0. The Balaban J connectivity index is 1.63. The highest BCUT2D eigenvalue weighted by Gasteiger charge is 2.15. The number of carbonyl (C=O) groups excluding carboxylic acids is 1. The van der Waals surface area contributed by atoms with Gasteiger partial charge in [-0.2, -0.15) is 5.10 Å². The van der Waals surface area contributed by atoms with E-state index in [1.54, 1.807) is 6.92 Å². The van der Waals surface area contributed by atoms with Crippen LogP contribution < -0.4 is 10.1 Å². The van der Waals surface area contributed by atoms with Crippen LogP contribution in [-0.2, 0) is 4.79 Å². The minimum atomic E-state index is -0.712. The maximum atomic E-state index is 12.9. The molecule has 0 aliphatic rings. The van der Waals surface area contributed by atoms with E-state index in [2.05, 4.69) is 10.4 Å². The first kappa shape index (κ1) is 17.7. The number of nitrogens with zero attached hydrogens (tertiary/aromatic N) is 2. The first-order chi connectivity index (χ1) is 12.4. The lowest BCUT2D eigenvalue weighted by Crippen LogP contribution is -2.30. The molecule has 3 rings (SSSR count). The van der Waals surface area contributed by atoms with Crippen LogP contribution in [0.3, 0.4) is 0 Å². The third-order valence-corrected chi connectivity index (χ3v) is 3.88. The molecule has 0 unspecified atom stereocenters. The summed E-state index contributed by atoms with van der Waals surface area (Å²) in [5.41, 5.74) is 3.58. The van der Waals surface area contributed by atoms with Crippen molar-refractivity contribution in [1.29, 1.82) is 0 Å². The van der Waals surface area contributed by atoms with Gasteiger partial charge in [0.25, 0.3) is 5.91 Å². The molecule has 0 spiro atoms. The van der Waals surface area contributed by atoms with E-state index in [4.69, 9.17) is 4.74 Å². The summed E-state index contributed by atoms with van der Waals surface area (Å²) in [5.74, 6) is -0.195. The third-order valence-electron chi connectivity index (χ3n) is 3.88. The minimum absolute atomic E-state index is 0.284. The molecule has 5 nitrogen and oxygen atoms in total. The fourth-order valence-corrected chi connectivity index (χ4v) is 2.59. The predicted octanol–water partition coefficient (Wildman–Crippen LogP) is 4.03. The molecular formula is C20H20FN3O2. The first-order valence-corrected chi connectivity index (χ1v) is 8.29. The molecule has 0 aliphatic heterocycles. The van der Waals surface area contributed by atoms with E-state index in [-0.39, 0.29) is 11.7 Å². The lowest BCUT2D eigenvalue weighted by atomic mass is 10.2. The SMILES string of the molecule is Cc1cc(C)n(-c2ccc(NC(=O)[C@H](C)Oc3ccc(F)cc3)cc2)n1. The zero-order chi connectivity index (χ0) is 18.7. The van der Waals surface area contributed by atoms with Gasteiger partial charge >= 0.3 is 0 Å². The van der Waals surface area contributed by atoms with Gasteiger partial charge in [-0.25, -0.2) is 9.07 Å². The quantitative estimate of drug-likeness (QED) is 0.753. The molecule has 3 aromatic rings. The molecule has 2 aromatic carbocycles. The van der Waals surface area contributed by atoms with Gasteiger partial charge in [-0.1, -0.05) is 0 Å². The number of nitrogens with one attached hydrogen (secondary N) is 1. The Labute approximate surface area is 151 Å². The van der Waals surface area contributed by atoms with E-state index in [0.717, 1.165) is 17.1 Å². The molecule has 0 radical (unpaired) electrons. The van der Waals surface area contributed by atoms with Crippen molar-refractivity contribution in [3.63, 3.8) is 0 Å². The molecule has 1 heterocycles. The summed E-state index contributed by atoms with van der Waals surface area (Å²) in [5, 5.41) is 7.24. The third kappa shape index (κ3) is 4.08. The lowest BCUT2D eigenvalue weighted by Gasteiger charge is -2.15. The summed E-state index contributed by atoms with van der Waals surface area (Å²) < 4.78 is 20.3. The van der Waals surface area contributed by atoms with Crippen LogP contribution in [0, 0.1) is 19.7 Å². The molecule has 26 heavy (non-hydrogen) atoms. The number of ether oxygens (including phenoxy) is 1. The van der Waals surface area contributed by atoms with Crippen LogP contribution in [0.15, 0.2) is 54.6 Å². The Bertz CT molecular complexity index is 902. The summed E-state index contributed by atoms with van der Waals surface area (Å²) in [6, 6.07) is 15.0. The van der Waals surface area contributed by atoms with Gasteiger partial charge in [0.1, 0.15) is 11.6 Å². The Kier molecular flexibility index (Phi) is 5.02. The van der Waals surface area contributed by atoms with E-state index < -0.39 is 6.10 Å². The number of aryl methyl sites for hydroxylation is 2. The van der Waals surface area contributed by atoms with Gasteiger partial charge in [-0.3, -0.25) is 4.79 Å². The van der Waals surface area contributed by atoms with Crippen molar-refractivity contribution in [1.82, 2.24) is 9.78 Å². The second-order valence-corrected chi connectivity index (χ2v) is 6.09. The summed E-state index contributed by atoms with van der Waals surface area (Å²) >= 11 is 0. The van der Waals surface area contributed by atoms with Crippen molar-refractivity contribution in [3.8, 4) is 11.4 Å². The Hall–Kier alpha value is -3.15. The smallest absolute Gasteiger partial charge is 0.265 e. The standard InChI is InChI=1S/C20H20FN3O2/c1-13-12-14(2)24(23-13)18-8-6-17(7-9-18)22-20(25)15(3)26-19-10-4-16(21)5-11-19/h4-12,15H,1-3H3,(H,22,25)/t15-/m0/s1. The van der Waals surface area contributed by atoms with E-state index in [1.165, 1.54) is 24.3 Å². The average Bonchev–Trinajstić information content (AvgIpc) is 2.96. The monoisotopic (exact) mass is 353 g/mol. The number of anilines is 1. The maximum Gasteiger partial charge on any atom is 0.265 e. The molecule has 1 atom stereocenters. The van der Waals surface area contributed by atoms with Gasteiger partial charge in [0, 0.05) is 11.4 Å². The normalized spacial score (nSPS) is 11.8. The molecule has 0 bridgehead atoms. The van der Waals surface area contributed by atoms with E-state index in [9.17, 15) is 9.18 Å². The highest BCUT2D eigenvalue weighted by molar-refractivity contribution is 5.94. The topological polar surface area (TPSA) is 56.2 Å². The molecule has 0 aliphatic carbocycles. The maximum absolute atomic E-state index is 12.9. The number of hydrogen-bond acceptors (Lipinski definition) is 3. The molecule has 1 aromatic heterocycles. The largest absolute Gasteiger partial charge is 0.481 e. The summed E-state index contributed by atoms with van der Waals surface area (Å²) in [4.78, 5) is 12.3. The number of carbonyl (C=O) groups is 1. The van der Waals surface area contributed by atoms with Gasteiger partial charge in [0.15, 0.2) is 6.10 Å². The van der Waals surface area contributed by atoms with Gasteiger partial charge in [-0.15, -0.1) is 0 Å². The molecule has 0 saturated carbocycles. The number of rotatable bonds is 5. The molecule has 0 saturated heterocycles. The molecule has 1 N–H and O–H groups in total. The summed E-state index contributed by atoms with van der Waals surface area (Å²) in [6.07, 6.45) is -0.712. The van der Waals surface area contributed by atoms with Gasteiger partial charge in [0.2, 0.25) is 0 Å². The predicted molar refractivity (Wildman–Crippen MR) is 98.2 cm³/mol. The zero-order valence-corrected chi connectivity index (χ0v) is 14.9. The second-order valence-electron chi connectivity index (χ2n) is 6.09. The minimum Gasteiger partial charge on any atom is -0.481 e. The number of benzene rings is 2. The molecule has 134 valence electrons. The van der Waals surface area contributed by atoms with Crippen LogP contribution in [-0.4, -0.2) is 21.8 Å². The van der Waals surface area contributed by atoms with Crippen LogP contribution >= 0.6 is 0 Å².